The summed E-state index contributed by atoms with van der Waals surface area (Å²) >= 11 is 0. The van der Waals surface area contributed by atoms with Crippen LogP contribution in [0.4, 0.5) is 14.9 Å². The van der Waals surface area contributed by atoms with Gasteiger partial charge in [0.15, 0.2) is 0 Å². The number of hydrogen-bond donors (Lipinski definition) is 2. The fourth-order valence-corrected chi connectivity index (χ4v) is 3.38. The minimum Gasteiger partial charge on any atom is -0.444 e. The summed E-state index contributed by atoms with van der Waals surface area (Å²) in [6, 6.07) is 2.73. The van der Waals surface area contributed by atoms with Crippen molar-refractivity contribution in [2.75, 3.05) is 11.4 Å². The molecule has 0 aromatic heterocycles. The summed E-state index contributed by atoms with van der Waals surface area (Å²) in [5, 5.41) is 5.40. The molecule has 31 heavy (non-hydrogen) atoms. The van der Waals surface area contributed by atoms with Gasteiger partial charge in [-0.15, -0.1) is 13.2 Å². The second-order valence-corrected chi connectivity index (χ2v) is 8.32. The molecule has 0 aliphatic carbocycles. The molecule has 1 aliphatic heterocycles. The van der Waals surface area contributed by atoms with E-state index in [1.807, 2.05) is 0 Å². The van der Waals surface area contributed by atoms with E-state index in [-0.39, 0.29) is 30.5 Å². The monoisotopic (exact) mass is 431 g/mol. The summed E-state index contributed by atoms with van der Waals surface area (Å²) in [6.07, 6.45) is 3.33. The lowest BCUT2D eigenvalue weighted by Crippen LogP contribution is -2.45. The van der Waals surface area contributed by atoms with Gasteiger partial charge >= 0.3 is 6.09 Å². The summed E-state index contributed by atoms with van der Waals surface area (Å²) in [4.78, 5) is 38.6. The lowest BCUT2D eigenvalue weighted by atomic mass is 10.0. The molecule has 2 rings (SSSR count). The van der Waals surface area contributed by atoms with E-state index in [1.54, 1.807) is 39.0 Å². The smallest absolute Gasteiger partial charge is 0.408 e. The molecule has 2 atom stereocenters. The highest BCUT2D eigenvalue weighted by molar-refractivity contribution is 6.03. The molecule has 1 saturated heterocycles. The Morgan fingerprint density at radius 3 is 2.61 bits per heavy atom. The Bertz CT molecular complexity index is 863. The van der Waals surface area contributed by atoms with Gasteiger partial charge in [-0.25, -0.2) is 9.18 Å². The number of carbonyl (C=O) groups is 3. The topological polar surface area (TPSA) is 87.7 Å². The largest absolute Gasteiger partial charge is 0.444 e. The summed E-state index contributed by atoms with van der Waals surface area (Å²) in [5.41, 5.74) is 0.00573. The molecule has 168 valence electrons. The van der Waals surface area contributed by atoms with Gasteiger partial charge in [0, 0.05) is 18.7 Å². The fourth-order valence-electron chi connectivity index (χ4n) is 3.38. The highest BCUT2D eigenvalue weighted by atomic mass is 19.1. The minimum absolute atomic E-state index is 0.185. The number of rotatable bonds is 8. The van der Waals surface area contributed by atoms with Gasteiger partial charge in [-0.1, -0.05) is 12.2 Å². The van der Waals surface area contributed by atoms with E-state index in [2.05, 4.69) is 23.8 Å². The Labute approximate surface area is 182 Å². The van der Waals surface area contributed by atoms with Crippen LogP contribution in [0.3, 0.4) is 0 Å². The average Bonchev–Trinajstić information content (AvgIpc) is 3.05. The first-order valence-corrected chi connectivity index (χ1v) is 10.2. The first-order valence-electron chi connectivity index (χ1n) is 10.2. The third kappa shape index (κ3) is 6.67. The van der Waals surface area contributed by atoms with Crippen molar-refractivity contribution in [1.29, 1.82) is 0 Å². The molecule has 1 unspecified atom stereocenters. The van der Waals surface area contributed by atoms with Crippen molar-refractivity contribution in [3.8, 4) is 0 Å². The van der Waals surface area contributed by atoms with Gasteiger partial charge in [0.2, 0.25) is 11.8 Å². The van der Waals surface area contributed by atoms with Crippen molar-refractivity contribution in [2.45, 2.75) is 57.7 Å². The molecular formula is C23H30FN3O4. The van der Waals surface area contributed by atoms with Gasteiger partial charge in [0.25, 0.3) is 0 Å². The number of anilines is 1. The van der Waals surface area contributed by atoms with E-state index in [9.17, 15) is 18.8 Å². The zero-order valence-electron chi connectivity index (χ0n) is 18.2. The molecule has 1 heterocycles. The Morgan fingerprint density at radius 1 is 1.29 bits per heavy atom. The van der Waals surface area contributed by atoms with Crippen LogP contribution in [0.25, 0.3) is 0 Å². The van der Waals surface area contributed by atoms with Crippen molar-refractivity contribution in [3.63, 3.8) is 0 Å². The lowest BCUT2D eigenvalue weighted by Gasteiger charge is -2.27. The van der Waals surface area contributed by atoms with Gasteiger partial charge in [0.1, 0.15) is 17.5 Å². The summed E-state index contributed by atoms with van der Waals surface area (Å²) in [6.45, 7) is 12.8. The third-order valence-electron chi connectivity index (χ3n) is 4.61. The molecule has 0 saturated carbocycles. The molecule has 3 amide bonds. The number of hydrogen-bond acceptors (Lipinski definition) is 4. The molecule has 8 heteroatoms. The number of carbonyl (C=O) groups excluding carboxylic acids is 3. The molecule has 1 aliphatic rings. The molecule has 0 spiro atoms. The van der Waals surface area contributed by atoms with Crippen LogP contribution in [-0.2, 0) is 14.3 Å². The Balaban J connectivity index is 2.34. The predicted molar refractivity (Wildman–Crippen MR) is 117 cm³/mol. The second kappa shape index (κ2) is 10.2. The first-order chi connectivity index (χ1) is 14.6. The minimum atomic E-state index is -0.737. The summed E-state index contributed by atoms with van der Waals surface area (Å²) in [5.74, 6) is -1.18. The number of halogens is 1. The van der Waals surface area contributed by atoms with Crippen molar-refractivity contribution < 1.29 is 23.5 Å². The number of ether oxygens (including phenoxy) is 1. The van der Waals surface area contributed by atoms with Crippen molar-refractivity contribution >= 4 is 23.6 Å². The Morgan fingerprint density at radius 2 is 2.00 bits per heavy atom. The molecular weight excluding hydrogens is 401 g/mol. The fraction of sp³-hybridized carbons (Fsp3) is 0.435. The maximum absolute atomic E-state index is 14.5. The van der Waals surface area contributed by atoms with Crippen molar-refractivity contribution in [2.24, 2.45) is 0 Å². The highest BCUT2D eigenvalue weighted by Gasteiger charge is 2.37. The van der Waals surface area contributed by atoms with Crippen LogP contribution in [0.15, 0.2) is 43.5 Å². The van der Waals surface area contributed by atoms with Gasteiger partial charge < -0.3 is 15.4 Å². The van der Waals surface area contributed by atoms with Crippen LogP contribution in [0.2, 0.25) is 0 Å². The zero-order valence-corrected chi connectivity index (χ0v) is 18.2. The van der Waals surface area contributed by atoms with E-state index in [0.717, 1.165) is 0 Å². The van der Waals surface area contributed by atoms with E-state index in [4.69, 9.17) is 4.74 Å². The second-order valence-electron chi connectivity index (χ2n) is 8.32. The number of alkyl carbamates (subject to hydrolysis) is 1. The van der Waals surface area contributed by atoms with E-state index in [0.29, 0.717) is 18.4 Å². The Hall–Kier alpha value is -3.16. The maximum atomic E-state index is 14.5. The van der Waals surface area contributed by atoms with Crippen molar-refractivity contribution in [3.05, 3.63) is 54.9 Å². The van der Waals surface area contributed by atoms with Crippen LogP contribution in [0.1, 0.15) is 51.6 Å². The van der Waals surface area contributed by atoms with E-state index in [1.165, 1.54) is 17.0 Å². The lowest BCUT2D eigenvalue weighted by molar-refractivity contribution is -0.123. The number of nitrogens with zero attached hydrogens (tertiary/aromatic N) is 1. The van der Waals surface area contributed by atoms with Gasteiger partial charge in [-0.3, -0.25) is 14.5 Å². The molecule has 0 radical (unpaired) electrons. The number of benzene rings is 1. The molecule has 7 nitrogen and oxygen atoms in total. The van der Waals surface area contributed by atoms with Crippen LogP contribution >= 0.6 is 0 Å². The maximum Gasteiger partial charge on any atom is 0.408 e. The van der Waals surface area contributed by atoms with Crippen LogP contribution in [0, 0.1) is 5.82 Å². The molecule has 1 aromatic carbocycles. The van der Waals surface area contributed by atoms with Gasteiger partial charge in [-0.05, 0) is 57.4 Å². The number of amides is 3. The van der Waals surface area contributed by atoms with Crippen LogP contribution in [-0.4, -0.2) is 36.1 Å². The summed E-state index contributed by atoms with van der Waals surface area (Å²) < 4.78 is 19.8. The normalized spacial score (nSPS) is 17.1. The van der Waals surface area contributed by atoms with E-state index >= 15 is 0 Å². The SMILES string of the molecule is C=CCNC(=O)[C@H]1CCC(=O)N1c1cc(F)cc(C(CC=C)NC(=O)OC(C)(C)C)c1. The first kappa shape index (κ1) is 24.1. The molecule has 1 aromatic rings. The highest BCUT2D eigenvalue weighted by Crippen LogP contribution is 2.31. The summed E-state index contributed by atoms with van der Waals surface area (Å²) in [7, 11) is 0. The molecule has 0 bridgehead atoms. The standard InChI is InChI=1S/C23H30FN3O4/c1-6-8-18(26-22(30)31-23(3,4)5)15-12-16(24)14-17(13-15)27-19(9-10-20(27)28)21(29)25-11-7-2/h6-7,12-14,18-19H,1-2,8-11H2,3-5H3,(H,25,29)(H,26,30)/t18?,19-/m1/s1. The van der Waals surface area contributed by atoms with Gasteiger partial charge in [-0.2, -0.15) is 0 Å². The quantitative estimate of drug-likeness (QED) is 0.614. The molecule has 2 N–H and O–H groups in total. The number of nitrogens with one attached hydrogen (secondary N) is 2. The van der Waals surface area contributed by atoms with Gasteiger partial charge in [0.05, 0.1) is 6.04 Å². The third-order valence-corrected chi connectivity index (χ3v) is 4.61. The van der Waals surface area contributed by atoms with Crippen LogP contribution < -0.4 is 15.5 Å². The van der Waals surface area contributed by atoms with Crippen molar-refractivity contribution in [1.82, 2.24) is 10.6 Å². The van der Waals surface area contributed by atoms with E-state index < -0.39 is 29.6 Å². The molecule has 1 fully saturated rings. The van der Waals surface area contributed by atoms with Crippen LogP contribution in [0.5, 0.6) is 0 Å². The Kier molecular flexibility index (Phi) is 7.96. The zero-order chi connectivity index (χ0) is 23.2. The predicted octanol–water partition coefficient (Wildman–Crippen LogP) is 3.77. The average molecular weight is 432 g/mol.